The molecule has 6 nitrogen and oxygen atoms in total. The first-order chi connectivity index (χ1) is 14.6. The van der Waals surface area contributed by atoms with Gasteiger partial charge in [0.25, 0.3) is 0 Å². The van der Waals surface area contributed by atoms with Crippen molar-refractivity contribution in [3.8, 4) is 11.4 Å². The number of hydrogen-bond donors (Lipinski definition) is 0. The van der Waals surface area contributed by atoms with Crippen LogP contribution in [0, 0.1) is 13.8 Å². The third kappa shape index (κ3) is 3.31. The predicted octanol–water partition coefficient (Wildman–Crippen LogP) is 4.99. The van der Waals surface area contributed by atoms with E-state index in [0.717, 1.165) is 50.5 Å². The van der Waals surface area contributed by atoms with Crippen molar-refractivity contribution in [3.05, 3.63) is 77.9 Å². The van der Waals surface area contributed by atoms with Gasteiger partial charge in [-0.2, -0.15) is 0 Å². The molecule has 0 saturated heterocycles. The molecule has 150 valence electrons. The summed E-state index contributed by atoms with van der Waals surface area (Å²) in [5.74, 6) is 2.29. The number of para-hydroxylation sites is 2. The van der Waals surface area contributed by atoms with E-state index in [1.165, 1.54) is 0 Å². The first kappa shape index (κ1) is 18.7. The molecule has 3 heterocycles. The number of ether oxygens (including phenoxy) is 1. The van der Waals surface area contributed by atoms with Gasteiger partial charge in [0.1, 0.15) is 5.75 Å². The second kappa shape index (κ2) is 7.50. The molecule has 5 aromatic rings. The van der Waals surface area contributed by atoms with Crippen molar-refractivity contribution >= 4 is 28.6 Å². The molecule has 0 fully saturated rings. The topological polar surface area (TPSA) is 57.2 Å². The Kier molecular flexibility index (Phi) is 4.67. The molecule has 0 aliphatic rings. The zero-order valence-electron chi connectivity index (χ0n) is 17.0. The average Bonchev–Trinajstić information content (AvgIpc) is 3.33. The monoisotopic (exact) mass is 415 g/mol. The minimum Gasteiger partial charge on any atom is -0.497 e. The maximum atomic E-state index is 5.31. The van der Waals surface area contributed by atoms with Gasteiger partial charge in [-0.05, 0) is 56.3 Å². The fraction of sp³-hybridized carbons (Fsp3) is 0.174. The summed E-state index contributed by atoms with van der Waals surface area (Å²) in [5, 5.41) is 0.930. The smallest absolute Gasteiger partial charge is 0.234 e. The van der Waals surface area contributed by atoms with Crippen LogP contribution in [0.5, 0.6) is 5.75 Å². The van der Waals surface area contributed by atoms with E-state index in [1.54, 1.807) is 18.9 Å². The second-order valence-corrected chi connectivity index (χ2v) is 8.09. The summed E-state index contributed by atoms with van der Waals surface area (Å²) in [6.45, 7) is 4.07. The van der Waals surface area contributed by atoms with Gasteiger partial charge in [0.05, 0.1) is 23.8 Å². The number of fused-ring (bicyclic) bond motifs is 2. The Hall–Kier alpha value is -3.32. The minimum absolute atomic E-state index is 0.710. The number of aryl methyl sites for hydroxylation is 2. The van der Waals surface area contributed by atoms with Crippen molar-refractivity contribution in [1.29, 1.82) is 0 Å². The summed E-state index contributed by atoms with van der Waals surface area (Å²) < 4.78 is 9.53. The number of methoxy groups -OCH3 is 1. The molecule has 30 heavy (non-hydrogen) atoms. The van der Waals surface area contributed by atoms with Crippen LogP contribution < -0.4 is 4.74 Å². The van der Waals surface area contributed by atoms with Gasteiger partial charge in [-0.25, -0.2) is 15.0 Å². The van der Waals surface area contributed by atoms with Gasteiger partial charge in [0.2, 0.25) is 5.78 Å². The summed E-state index contributed by atoms with van der Waals surface area (Å²) in [6.07, 6.45) is 2.06. The van der Waals surface area contributed by atoms with Crippen molar-refractivity contribution in [2.75, 3.05) is 7.11 Å². The Labute approximate surface area is 178 Å². The van der Waals surface area contributed by atoms with E-state index in [2.05, 4.69) is 46.9 Å². The maximum Gasteiger partial charge on any atom is 0.234 e. The SMILES string of the molecule is COc1ccc(-n2c(SCc3cn4c(C)cc(C)nc4n3)nc3ccccc32)cc1. The molecule has 0 atom stereocenters. The van der Waals surface area contributed by atoms with Crippen LogP contribution in [0.3, 0.4) is 0 Å². The van der Waals surface area contributed by atoms with Crippen LogP contribution in [-0.4, -0.2) is 31.0 Å². The highest BCUT2D eigenvalue weighted by molar-refractivity contribution is 7.98. The average molecular weight is 416 g/mol. The summed E-state index contributed by atoms with van der Waals surface area (Å²) >= 11 is 1.67. The van der Waals surface area contributed by atoms with E-state index in [0.29, 0.717) is 5.75 Å². The normalized spacial score (nSPS) is 11.4. The highest BCUT2D eigenvalue weighted by Gasteiger charge is 2.14. The standard InChI is InChI=1S/C23H21N5OS/c1-15-12-16(2)27-13-17(25-22(27)24-15)14-30-23-26-20-6-4-5-7-21(20)28(23)18-8-10-19(29-3)11-9-18/h4-13H,14H2,1-3H3. The number of nitrogens with zero attached hydrogens (tertiary/aromatic N) is 5. The first-order valence-corrected chi connectivity index (χ1v) is 10.7. The van der Waals surface area contributed by atoms with Crippen LogP contribution in [0.15, 0.2) is 66.0 Å². The van der Waals surface area contributed by atoms with Gasteiger partial charge in [-0.15, -0.1) is 0 Å². The number of aromatic nitrogens is 5. The molecule has 5 rings (SSSR count). The third-order valence-electron chi connectivity index (χ3n) is 5.02. The summed E-state index contributed by atoms with van der Waals surface area (Å²) in [5.41, 5.74) is 6.19. The van der Waals surface area contributed by atoms with Crippen LogP contribution in [0.1, 0.15) is 17.1 Å². The lowest BCUT2D eigenvalue weighted by molar-refractivity contribution is 0.414. The summed E-state index contributed by atoms with van der Waals surface area (Å²) in [6, 6.07) is 18.3. The van der Waals surface area contributed by atoms with Gasteiger partial charge < -0.3 is 4.74 Å². The lowest BCUT2D eigenvalue weighted by Crippen LogP contribution is -1.97. The number of benzene rings is 2. The van der Waals surface area contributed by atoms with Crippen molar-refractivity contribution in [3.63, 3.8) is 0 Å². The van der Waals surface area contributed by atoms with Crippen molar-refractivity contribution in [2.45, 2.75) is 24.8 Å². The van der Waals surface area contributed by atoms with Gasteiger partial charge >= 0.3 is 0 Å². The van der Waals surface area contributed by atoms with Gasteiger partial charge in [-0.1, -0.05) is 23.9 Å². The van der Waals surface area contributed by atoms with E-state index in [-0.39, 0.29) is 0 Å². The molecular formula is C23H21N5OS. The van der Waals surface area contributed by atoms with E-state index in [4.69, 9.17) is 14.7 Å². The molecule has 0 aliphatic heterocycles. The van der Waals surface area contributed by atoms with Crippen molar-refractivity contribution in [1.82, 2.24) is 23.9 Å². The van der Waals surface area contributed by atoms with Gasteiger partial charge in [-0.3, -0.25) is 8.97 Å². The number of imidazole rings is 2. The molecule has 0 spiro atoms. The molecular weight excluding hydrogens is 394 g/mol. The van der Waals surface area contributed by atoms with Crippen LogP contribution in [0.4, 0.5) is 0 Å². The first-order valence-electron chi connectivity index (χ1n) is 9.69. The van der Waals surface area contributed by atoms with Gasteiger partial charge in [0.15, 0.2) is 5.16 Å². The second-order valence-electron chi connectivity index (χ2n) is 7.15. The highest BCUT2D eigenvalue weighted by Crippen LogP contribution is 2.30. The van der Waals surface area contributed by atoms with E-state index >= 15 is 0 Å². The van der Waals surface area contributed by atoms with Crippen LogP contribution >= 0.6 is 11.8 Å². The molecule has 0 amide bonds. The fourth-order valence-corrected chi connectivity index (χ4v) is 4.52. The third-order valence-corrected chi connectivity index (χ3v) is 5.99. The highest BCUT2D eigenvalue weighted by atomic mass is 32.2. The minimum atomic E-state index is 0.710. The van der Waals surface area contributed by atoms with Crippen LogP contribution in [0.25, 0.3) is 22.5 Å². The molecule has 0 radical (unpaired) electrons. The van der Waals surface area contributed by atoms with Crippen molar-refractivity contribution in [2.24, 2.45) is 0 Å². The molecule has 0 aliphatic carbocycles. The lowest BCUT2D eigenvalue weighted by atomic mass is 10.2. The fourth-order valence-electron chi connectivity index (χ4n) is 3.61. The molecule has 7 heteroatoms. The largest absolute Gasteiger partial charge is 0.497 e. The Morgan fingerprint density at radius 1 is 0.967 bits per heavy atom. The Bertz CT molecular complexity index is 1350. The maximum absolute atomic E-state index is 5.31. The van der Waals surface area contributed by atoms with Gasteiger partial charge in [0, 0.05) is 29.0 Å². The van der Waals surface area contributed by atoms with E-state index in [1.807, 2.05) is 41.7 Å². The Morgan fingerprint density at radius 2 is 1.77 bits per heavy atom. The summed E-state index contributed by atoms with van der Waals surface area (Å²) in [7, 11) is 1.68. The lowest BCUT2D eigenvalue weighted by Gasteiger charge is -2.09. The molecule has 0 unspecified atom stereocenters. The Morgan fingerprint density at radius 3 is 2.57 bits per heavy atom. The zero-order valence-corrected chi connectivity index (χ0v) is 17.8. The van der Waals surface area contributed by atoms with E-state index in [9.17, 15) is 0 Å². The molecule has 2 aromatic carbocycles. The van der Waals surface area contributed by atoms with Crippen molar-refractivity contribution < 1.29 is 4.74 Å². The quantitative estimate of drug-likeness (QED) is 0.379. The zero-order chi connectivity index (χ0) is 20.7. The predicted molar refractivity (Wildman–Crippen MR) is 120 cm³/mol. The Balaban J connectivity index is 1.52. The molecule has 0 N–H and O–H groups in total. The molecule has 0 saturated carbocycles. The number of hydrogen-bond acceptors (Lipinski definition) is 5. The summed E-state index contributed by atoms with van der Waals surface area (Å²) in [4.78, 5) is 14.1. The van der Waals surface area contributed by atoms with Crippen LogP contribution in [-0.2, 0) is 5.75 Å². The number of rotatable bonds is 5. The van der Waals surface area contributed by atoms with Crippen LogP contribution in [0.2, 0.25) is 0 Å². The molecule has 3 aromatic heterocycles. The number of thioether (sulfide) groups is 1. The molecule has 0 bridgehead atoms. The van der Waals surface area contributed by atoms with E-state index < -0.39 is 0 Å².